The first kappa shape index (κ1) is 20.8. The number of para-hydroxylation sites is 3. The molecule has 2 aromatic heterocycles. The van der Waals surface area contributed by atoms with Crippen LogP contribution in [-0.4, -0.2) is 44.9 Å². The summed E-state index contributed by atoms with van der Waals surface area (Å²) in [5, 5.41) is 13.6. The summed E-state index contributed by atoms with van der Waals surface area (Å²) in [5.74, 6) is 0.678. The van der Waals surface area contributed by atoms with Crippen LogP contribution >= 0.6 is 11.8 Å². The van der Waals surface area contributed by atoms with Crippen LogP contribution in [0.4, 0.5) is 0 Å². The molecule has 9 heteroatoms. The van der Waals surface area contributed by atoms with Gasteiger partial charge in [-0.15, -0.1) is 5.10 Å². The van der Waals surface area contributed by atoms with Crippen molar-refractivity contribution in [2.24, 2.45) is 0 Å². The van der Waals surface area contributed by atoms with E-state index in [9.17, 15) is 4.79 Å². The molecule has 0 atom stereocenters. The van der Waals surface area contributed by atoms with Crippen LogP contribution in [0.15, 0.2) is 53.7 Å². The van der Waals surface area contributed by atoms with Crippen LogP contribution in [0.25, 0.3) is 16.6 Å². The third-order valence-corrected chi connectivity index (χ3v) is 5.73. The third kappa shape index (κ3) is 4.09. The van der Waals surface area contributed by atoms with Crippen molar-refractivity contribution in [3.8, 4) is 11.4 Å². The Hall–Kier alpha value is -3.46. The molecule has 4 aromatic rings. The van der Waals surface area contributed by atoms with Crippen molar-refractivity contribution in [2.75, 3.05) is 13.7 Å². The number of tetrazole rings is 1. The number of methoxy groups -OCH3 is 1. The van der Waals surface area contributed by atoms with Gasteiger partial charge in [0.2, 0.25) is 5.16 Å². The topological polar surface area (TPSA) is 92.0 Å². The van der Waals surface area contributed by atoms with Gasteiger partial charge in [0.15, 0.2) is 0 Å². The minimum Gasteiger partial charge on any atom is -0.494 e. The van der Waals surface area contributed by atoms with Crippen molar-refractivity contribution >= 4 is 28.6 Å². The van der Waals surface area contributed by atoms with Crippen LogP contribution in [-0.2, 0) is 10.5 Å². The molecule has 0 radical (unpaired) electrons. The van der Waals surface area contributed by atoms with Gasteiger partial charge in [-0.2, -0.15) is 4.68 Å². The van der Waals surface area contributed by atoms with Crippen molar-refractivity contribution in [1.82, 2.24) is 25.2 Å². The van der Waals surface area contributed by atoms with E-state index >= 15 is 0 Å². The summed E-state index contributed by atoms with van der Waals surface area (Å²) in [5.41, 5.74) is 3.53. The van der Waals surface area contributed by atoms with Gasteiger partial charge in [0, 0.05) is 11.1 Å². The number of aryl methyl sites for hydroxylation is 1. The van der Waals surface area contributed by atoms with E-state index in [0.29, 0.717) is 34.5 Å². The lowest BCUT2D eigenvalue weighted by atomic mass is 10.0. The Balaban J connectivity index is 1.71. The van der Waals surface area contributed by atoms with Crippen LogP contribution in [0.2, 0.25) is 0 Å². The van der Waals surface area contributed by atoms with Crippen LogP contribution < -0.4 is 4.74 Å². The molecule has 8 nitrogen and oxygen atoms in total. The molecule has 0 aliphatic rings. The number of esters is 1. The number of carbonyl (C=O) groups excluding carboxylic acids is 1. The number of hydrogen-bond donors (Lipinski definition) is 0. The summed E-state index contributed by atoms with van der Waals surface area (Å²) in [6.07, 6.45) is 0. The number of ether oxygens (including phenoxy) is 2. The molecule has 31 heavy (non-hydrogen) atoms. The van der Waals surface area contributed by atoms with E-state index in [0.717, 1.165) is 22.2 Å². The molecular weight excluding hydrogens is 414 g/mol. The predicted octanol–water partition coefficient (Wildman–Crippen LogP) is 4.00. The second kappa shape index (κ2) is 9.13. The molecule has 0 saturated heterocycles. The SMILES string of the molecule is CCOC(=O)c1c(CSc2nnnn2-c2ccccc2OC)nc2ccccc2c1C. The number of nitrogens with zero attached hydrogens (tertiary/aromatic N) is 5. The highest BCUT2D eigenvalue weighted by Gasteiger charge is 2.21. The lowest BCUT2D eigenvalue weighted by molar-refractivity contribution is 0.0524. The standard InChI is InChI=1S/C22H21N5O3S/c1-4-30-21(28)20-14(2)15-9-5-6-10-16(15)23-17(20)13-31-22-24-25-26-27(22)18-11-7-8-12-19(18)29-3/h5-12H,4,13H2,1-3H3. The van der Waals surface area contributed by atoms with E-state index in [1.54, 1.807) is 18.7 Å². The number of fused-ring (bicyclic) bond motifs is 1. The van der Waals surface area contributed by atoms with Crippen molar-refractivity contribution in [3.63, 3.8) is 0 Å². The van der Waals surface area contributed by atoms with E-state index in [1.807, 2.05) is 55.5 Å². The van der Waals surface area contributed by atoms with Crippen molar-refractivity contribution < 1.29 is 14.3 Å². The molecule has 0 fully saturated rings. The van der Waals surface area contributed by atoms with Gasteiger partial charge in [-0.1, -0.05) is 42.1 Å². The molecule has 0 saturated carbocycles. The maximum Gasteiger partial charge on any atom is 0.340 e. The summed E-state index contributed by atoms with van der Waals surface area (Å²) in [4.78, 5) is 17.5. The normalized spacial score (nSPS) is 10.9. The fourth-order valence-corrected chi connectivity index (χ4v) is 4.20. The lowest BCUT2D eigenvalue weighted by Crippen LogP contribution is -2.12. The molecule has 0 bridgehead atoms. The minimum atomic E-state index is -0.377. The number of carbonyl (C=O) groups is 1. The average Bonchev–Trinajstić information content (AvgIpc) is 3.26. The Morgan fingerprint density at radius 1 is 1.13 bits per heavy atom. The van der Waals surface area contributed by atoms with E-state index in [4.69, 9.17) is 14.5 Å². The molecule has 0 unspecified atom stereocenters. The van der Waals surface area contributed by atoms with Gasteiger partial charge in [0.1, 0.15) is 11.4 Å². The Morgan fingerprint density at radius 3 is 2.71 bits per heavy atom. The summed E-state index contributed by atoms with van der Waals surface area (Å²) in [7, 11) is 1.60. The third-order valence-electron chi connectivity index (χ3n) is 4.80. The monoisotopic (exact) mass is 435 g/mol. The Morgan fingerprint density at radius 2 is 1.90 bits per heavy atom. The molecule has 2 aromatic carbocycles. The minimum absolute atomic E-state index is 0.295. The Bertz CT molecular complexity index is 1240. The van der Waals surface area contributed by atoms with Crippen LogP contribution in [0.3, 0.4) is 0 Å². The van der Waals surface area contributed by atoms with E-state index in [2.05, 4.69) is 15.5 Å². The Labute approximate surface area is 183 Å². The molecule has 0 amide bonds. The molecule has 0 spiro atoms. The molecule has 0 aliphatic carbocycles. The molecule has 2 heterocycles. The van der Waals surface area contributed by atoms with Crippen molar-refractivity contribution in [2.45, 2.75) is 24.8 Å². The molecule has 0 N–H and O–H groups in total. The second-order valence-corrected chi connectivity index (χ2v) is 7.57. The summed E-state index contributed by atoms with van der Waals surface area (Å²) in [6, 6.07) is 15.2. The Kier molecular flexibility index (Phi) is 6.13. The molecule has 158 valence electrons. The van der Waals surface area contributed by atoms with Gasteiger partial charge < -0.3 is 9.47 Å². The summed E-state index contributed by atoms with van der Waals surface area (Å²) in [6.45, 7) is 4.00. The van der Waals surface area contributed by atoms with Crippen LogP contribution in [0.1, 0.15) is 28.5 Å². The van der Waals surface area contributed by atoms with Crippen LogP contribution in [0, 0.1) is 6.92 Å². The predicted molar refractivity (Wildman–Crippen MR) is 118 cm³/mol. The van der Waals surface area contributed by atoms with Crippen LogP contribution in [0.5, 0.6) is 5.75 Å². The lowest BCUT2D eigenvalue weighted by Gasteiger charge is -2.14. The highest BCUT2D eigenvalue weighted by molar-refractivity contribution is 7.98. The van der Waals surface area contributed by atoms with Crippen molar-refractivity contribution in [3.05, 3.63) is 65.4 Å². The zero-order valence-corrected chi connectivity index (χ0v) is 18.2. The van der Waals surface area contributed by atoms with Gasteiger partial charge in [0.25, 0.3) is 0 Å². The number of pyridine rings is 1. The first-order chi connectivity index (χ1) is 15.1. The number of benzene rings is 2. The number of thioether (sulfide) groups is 1. The fraction of sp³-hybridized carbons (Fsp3) is 0.227. The summed E-state index contributed by atoms with van der Waals surface area (Å²) >= 11 is 1.39. The van der Waals surface area contributed by atoms with Gasteiger partial charge >= 0.3 is 5.97 Å². The van der Waals surface area contributed by atoms with Crippen molar-refractivity contribution in [1.29, 1.82) is 0 Å². The van der Waals surface area contributed by atoms with E-state index in [-0.39, 0.29) is 5.97 Å². The molecular formula is C22H21N5O3S. The van der Waals surface area contributed by atoms with E-state index in [1.165, 1.54) is 11.8 Å². The number of hydrogen-bond acceptors (Lipinski definition) is 8. The quantitative estimate of drug-likeness (QED) is 0.318. The second-order valence-electron chi connectivity index (χ2n) is 6.63. The largest absolute Gasteiger partial charge is 0.494 e. The van der Waals surface area contributed by atoms with Gasteiger partial charge in [0.05, 0.1) is 30.5 Å². The number of aromatic nitrogens is 5. The molecule has 4 rings (SSSR count). The van der Waals surface area contributed by atoms with E-state index < -0.39 is 0 Å². The van der Waals surface area contributed by atoms with Gasteiger partial charge in [-0.25, -0.2) is 4.79 Å². The maximum absolute atomic E-state index is 12.7. The summed E-state index contributed by atoms with van der Waals surface area (Å²) < 4.78 is 12.4. The van der Waals surface area contributed by atoms with Gasteiger partial charge in [-0.05, 0) is 48.0 Å². The fourth-order valence-electron chi connectivity index (χ4n) is 3.38. The highest BCUT2D eigenvalue weighted by atomic mass is 32.2. The first-order valence-corrected chi connectivity index (χ1v) is 10.7. The molecule has 0 aliphatic heterocycles. The highest BCUT2D eigenvalue weighted by Crippen LogP contribution is 2.30. The average molecular weight is 436 g/mol. The maximum atomic E-state index is 12.7. The first-order valence-electron chi connectivity index (χ1n) is 9.74. The zero-order chi connectivity index (χ0) is 21.8. The van der Waals surface area contributed by atoms with Gasteiger partial charge in [-0.3, -0.25) is 4.98 Å². The smallest absolute Gasteiger partial charge is 0.340 e. The zero-order valence-electron chi connectivity index (χ0n) is 17.4. The number of rotatable bonds is 7.